The number of nitrogens with zero attached hydrogens (tertiary/aromatic N) is 6. The zero-order chi connectivity index (χ0) is 30.2. The van der Waals surface area contributed by atoms with Crippen LogP contribution in [0, 0.1) is 11.6 Å². The Morgan fingerprint density at radius 3 is 2.55 bits per heavy atom. The Kier molecular flexibility index (Phi) is 8.36. The van der Waals surface area contributed by atoms with E-state index in [1.54, 1.807) is 11.0 Å². The van der Waals surface area contributed by atoms with Gasteiger partial charge in [0.1, 0.15) is 35.3 Å². The molecular formula is C30H38F2N6O4. The fourth-order valence-corrected chi connectivity index (χ4v) is 5.48. The van der Waals surface area contributed by atoms with E-state index >= 15 is 4.39 Å². The van der Waals surface area contributed by atoms with Crippen LogP contribution < -0.4 is 14.4 Å². The van der Waals surface area contributed by atoms with Crippen LogP contribution in [0.25, 0.3) is 22.3 Å². The summed E-state index contributed by atoms with van der Waals surface area (Å²) in [6.45, 7) is 10.0. The van der Waals surface area contributed by atoms with Crippen LogP contribution in [0.5, 0.6) is 11.8 Å². The molecule has 1 unspecified atom stereocenters. The molecule has 226 valence electrons. The highest BCUT2D eigenvalue weighted by Crippen LogP contribution is 2.36. The molecule has 0 saturated carbocycles. The zero-order valence-corrected chi connectivity index (χ0v) is 25.0. The van der Waals surface area contributed by atoms with E-state index in [4.69, 9.17) is 19.2 Å². The van der Waals surface area contributed by atoms with E-state index < -0.39 is 17.2 Å². The summed E-state index contributed by atoms with van der Waals surface area (Å²) >= 11 is 0. The number of hydrogen-bond acceptors (Lipinski definition) is 9. The Morgan fingerprint density at radius 1 is 1.10 bits per heavy atom. The Bertz CT molecular complexity index is 1470. The number of ether oxygens (including phenoxy) is 3. The minimum atomic E-state index is -0.739. The highest BCUT2D eigenvalue weighted by atomic mass is 19.1. The second kappa shape index (κ2) is 11.8. The van der Waals surface area contributed by atoms with Gasteiger partial charge in [0.2, 0.25) is 0 Å². The molecule has 4 heterocycles. The van der Waals surface area contributed by atoms with E-state index in [9.17, 15) is 9.18 Å². The van der Waals surface area contributed by atoms with Gasteiger partial charge in [-0.1, -0.05) is 6.07 Å². The molecule has 5 rings (SSSR count). The molecule has 3 aromatic rings. The number of benzene rings is 1. The number of amides is 1. The maximum absolute atomic E-state index is 15.7. The molecule has 10 nitrogen and oxygen atoms in total. The van der Waals surface area contributed by atoms with Crippen LogP contribution in [-0.2, 0) is 4.74 Å². The second-order valence-electron chi connectivity index (χ2n) is 11.9. The molecule has 2 aromatic heterocycles. The van der Waals surface area contributed by atoms with Gasteiger partial charge < -0.3 is 28.9 Å². The van der Waals surface area contributed by atoms with E-state index in [1.165, 1.54) is 25.3 Å². The highest BCUT2D eigenvalue weighted by Gasteiger charge is 2.33. The lowest BCUT2D eigenvalue weighted by Gasteiger charge is -2.41. The molecule has 42 heavy (non-hydrogen) atoms. The van der Waals surface area contributed by atoms with Gasteiger partial charge in [0.15, 0.2) is 11.5 Å². The first-order chi connectivity index (χ1) is 19.9. The van der Waals surface area contributed by atoms with Crippen molar-refractivity contribution >= 4 is 22.9 Å². The number of fused-ring (bicyclic) bond motifs is 1. The van der Waals surface area contributed by atoms with Crippen molar-refractivity contribution < 1.29 is 27.8 Å². The molecule has 2 aliphatic heterocycles. The van der Waals surface area contributed by atoms with Crippen molar-refractivity contribution in [1.29, 1.82) is 0 Å². The molecule has 0 aliphatic carbocycles. The zero-order valence-electron chi connectivity index (χ0n) is 25.0. The van der Waals surface area contributed by atoms with E-state index in [1.807, 2.05) is 32.6 Å². The van der Waals surface area contributed by atoms with E-state index in [0.29, 0.717) is 37.4 Å². The average Bonchev–Trinajstić information content (AvgIpc) is 3.34. The number of rotatable bonds is 6. The average molecular weight is 585 g/mol. The standard InChI is InChI=1S/C30H38F2N6O4/c1-18-16-37(29(39)42-30(2,3)4)13-14-38(18)27-20-15-22(32)25(24-21(31)10-7-11-23(24)40-6)33-26(20)34-28(35-27)41-17-19-9-8-12-36(19)5/h7,10-11,15,18-19H,8-9,12-14,16-17H2,1-6H3/t18?,19-/m0/s1. The SMILES string of the molecule is COc1cccc(F)c1-c1nc2nc(OC[C@@H]3CCCN3C)nc(N3CCN(C(=O)OC(C)(C)C)CC3C)c2cc1F. The van der Waals surface area contributed by atoms with Crippen LogP contribution in [0.4, 0.5) is 19.4 Å². The Hall–Kier alpha value is -3.80. The molecular weight excluding hydrogens is 546 g/mol. The number of likely N-dealkylation sites (N-methyl/N-ethyl adjacent to an activating group) is 1. The van der Waals surface area contributed by atoms with Gasteiger partial charge in [-0.2, -0.15) is 9.97 Å². The monoisotopic (exact) mass is 584 g/mol. The van der Waals surface area contributed by atoms with Crippen molar-refractivity contribution in [2.45, 2.75) is 58.2 Å². The summed E-state index contributed by atoms with van der Waals surface area (Å²) in [5.74, 6) is -0.814. The van der Waals surface area contributed by atoms with Crippen molar-refractivity contribution in [3.63, 3.8) is 0 Å². The van der Waals surface area contributed by atoms with Gasteiger partial charge in [0.25, 0.3) is 0 Å². The minimum Gasteiger partial charge on any atom is -0.496 e. The molecule has 0 radical (unpaired) electrons. The summed E-state index contributed by atoms with van der Waals surface area (Å²) in [5.41, 5.74) is -0.750. The molecule has 12 heteroatoms. The summed E-state index contributed by atoms with van der Waals surface area (Å²) in [5, 5.41) is 0.356. The molecule has 2 fully saturated rings. The second-order valence-corrected chi connectivity index (χ2v) is 11.9. The third-order valence-electron chi connectivity index (χ3n) is 7.66. The molecule has 2 atom stereocenters. The number of likely N-dealkylation sites (tertiary alicyclic amines) is 1. The quantitative estimate of drug-likeness (QED) is 0.401. The predicted octanol–water partition coefficient (Wildman–Crippen LogP) is 4.90. The smallest absolute Gasteiger partial charge is 0.410 e. The Labute approximate surface area is 244 Å². The van der Waals surface area contributed by atoms with Gasteiger partial charge in [0.05, 0.1) is 18.1 Å². The summed E-state index contributed by atoms with van der Waals surface area (Å²) in [4.78, 5) is 32.4. The third kappa shape index (κ3) is 6.18. The van der Waals surface area contributed by atoms with Gasteiger partial charge >= 0.3 is 12.1 Å². The van der Waals surface area contributed by atoms with Crippen LogP contribution in [0.1, 0.15) is 40.5 Å². The summed E-state index contributed by atoms with van der Waals surface area (Å²) < 4.78 is 47.6. The van der Waals surface area contributed by atoms with Gasteiger partial charge in [-0.3, -0.25) is 0 Å². The summed E-state index contributed by atoms with van der Waals surface area (Å²) in [7, 11) is 3.44. The molecule has 1 aromatic carbocycles. The number of halogens is 2. The lowest BCUT2D eigenvalue weighted by molar-refractivity contribution is 0.0218. The number of carbonyl (C=O) groups is 1. The van der Waals surface area contributed by atoms with Gasteiger partial charge in [0, 0.05) is 31.7 Å². The molecule has 0 bridgehead atoms. The fourth-order valence-electron chi connectivity index (χ4n) is 5.48. The van der Waals surface area contributed by atoms with Crippen LogP contribution in [0.2, 0.25) is 0 Å². The number of anilines is 1. The molecule has 2 saturated heterocycles. The normalized spacial score (nSPS) is 19.8. The number of aromatic nitrogens is 3. The van der Waals surface area contributed by atoms with Crippen LogP contribution in [-0.4, -0.2) is 95.5 Å². The van der Waals surface area contributed by atoms with E-state index in [-0.39, 0.29) is 46.8 Å². The molecule has 0 spiro atoms. The lowest BCUT2D eigenvalue weighted by atomic mass is 10.1. The lowest BCUT2D eigenvalue weighted by Crippen LogP contribution is -2.55. The minimum absolute atomic E-state index is 0.0889. The first-order valence-corrected chi connectivity index (χ1v) is 14.2. The van der Waals surface area contributed by atoms with E-state index in [2.05, 4.69) is 21.9 Å². The molecule has 1 amide bonds. The maximum Gasteiger partial charge on any atom is 0.410 e. The third-order valence-corrected chi connectivity index (χ3v) is 7.66. The number of piperazine rings is 1. The van der Waals surface area contributed by atoms with Crippen molar-refractivity contribution in [2.75, 3.05) is 51.8 Å². The van der Waals surface area contributed by atoms with Gasteiger partial charge in [-0.15, -0.1) is 0 Å². The Morgan fingerprint density at radius 2 is 1.88 bits per heavy atom. The number of hydrogen-bond donors (Lipinski definition) is 0. The first-order valence-electron chi connectivity index (χ1n) is 14.2. The highest BCUT2D eigenvalue weighted by molar-refractivity contribution is 5.90. The number of carbonyl (C=O) groups excluding carboxylic acids is 1. The van der Waals surface area contributed by atoms with Gasteiger partial charge in [-0.25, -0.2) is 18.6 Å². The molecule has 0 N–H and O–H groups in total. The number of methoxy groups -OCH3 is 1. The largest absolute Gasteiger partial charge is 0.496 e. The maximum atomic E-state index is 15.7. The van der Waals surface area contributed by atoms with Gasteiger partial charge in [-0.05, 0) is 72.3 Å². The van der Waals surface area contributed by atoms with Crippen molar-refractivity contribution in [3.8, 4) is 23.0 Å². The van der Waals surface area contributed by atoms with Crippen molar-refractivity contribution in [2.24, 2.45) is 0 Å². The fraction of sp³-hybridized carbons (Fsp3) is 0.533. The van der Waals surface area contributed by atoms with Crippen LogP contribution in [0.15, 0.2) is 24.3 Å². The van der Waals surface area contributed by atoms with Crippen molar-refractivity contribution in [1.82, 2.24) is 24.8 Å². The van der Waals surface area contributed by atoms with Crippen LogP contribution in [0.3, 0.4) is 0 Å². The predicted molar refractivity (Wildman–Crippen MR) is 155 cm³/mol. The summed E-state index contributed by atoms with van der Waals surface area (Å²) in [6.07, 6.45) is 1.70. The number of pyridine rings is 1. The van der Waals surface area contributed by atoms with Crippen molar-refractivity contribution in [3.05, 3.63) is 35.9 Å². The van der Waals surface area contributed by atoms with E-state index in [0.717, 1.165) is 19.4 Å². The van der Waals surface area contributed by atoms with Crippen LogP contribution >= 0.6 is 0 Å². The molecule has 2 aliphatic rings. The first kappa shape index (κ1) is 29.7. The topological polar surface area (TPSA) is 93.2 Å². The Balaban J connectivity index is 1.54. The summed E-state index contributed by atoms with van der Waals surface area (Å²) in [6, 6.07) is 5.68.